The fraction of sp³-hybridized carbons (Fsp3) is 0.500. The Morgan fingerprint density at radius 2 is 2.00 bits per heavy atom. The lowest BCUT2D eigenvalue weighted by Crippen LogP contribution is -2.36. The van der Waals surface area contributed by atoms with Gasteiger partial charge in [0.2, 0.25) is 0 Å². The van der Waals surface area contributed by atoms with Crippen molar-refractivity contribution in [2.75, 3.05) is 51.7 Å². The molecule has 3 aromatic rings. The summed E-state index contributed by atoms with van der Waals surface area (Å²) in [6.07, 6.45) is 5.43. The van der Waals surface area contributed by atoms with Gasteiger partial charge in [-0.2, -0.15) is 0 Å². The van der Waals surface area contributed by atoms with E-state index in [1.54, 1.807) is 6.20 Å². The van der Waals surface area contributed by atoms with Crippen LogP contribution in [-0.4, -0.2) is 72.7 Å². The number of hydrogen-bond acceptors (Lipinski definition) is 7. The molecule has 0 radical (unpaired) electrons. The number of hydrogen-bond donors (Lipinski definition) is 0. The minimum atomic E-state index is 0.0169. The first-order chi connectivity index (χ1) is 14.6. The molecule has 1 aliphatic heterocycles. The summed E-state index contributed by atoms with van der Waals surface area (Å²) in [7, 11) is 4.02. The molecule has 1 fully saturated rings. The van der Waals surface area contributed by atoms with Crippen LogP contribution in [0.25, 0.3) is 21.7 Å². The van der Waals surface area contributed by atoms with Crippen LogP contribution in [0.4, 0.5) is 5.69 Å². The molecule has 1 amide bonds. The van der Waals surface area contributed by atoms with E-state index in [2.05, 4.69) is 38.1 Å². The molecule has 1 aromatic carbocycles. The van der Waals surface area contributed by atoms with Gasteiger partial charge in [-0.1, -0.05) is 5.16 Å². The van der Waals surface area contributed by atoms with Crippen LogP contribution in [0.1, 0.15) is 35.9 Å². The Morgan fingerprint density at radius 3 is 2.73 bits per heavy atom. The highest BCUT2D eigenvalue weighted by molar-refractivity contribution is 7.17. The van der Waals surface area contributed by atoms with Crippen LogP contribution in [0.3, 0.4) is 0 Å². The molecule has 3 heterocycles. The lowest BCUT2D eigenvalue weighted by atomic mass is 10.1. The van der Waals surface area contributed by atoms with Gasteiger partial charge in [0.05, 0.1) is 11.6 Å². The number of piperidine rings is 1. The van der Waals surface area contributed by atoms with Crippen LogP contribution in [0.2, 0.25) is 0 Å². The first kappa shape index (κ1) is 20.8. The first-order valence-corrected chi connectivity index (χ1v) is 11.4. The normalized spacial score (nSPS) is 14.6. The van der Waals surface area contributed by atoms with Crippen molar-refractivity contribution >= 4 is 33.9 Å². The number of benzene rings is 1. The topological polar surface area (TPSA) is 65.7 Å². The van der Waals surface area contributed by atoms with E-state index < -0.39 is 0 Å². The standard InChI is InChI=1S/C22H29N5O2S/c1-4-26(13-12-25(2)3)22(28)19-15-23-21(30-19)20-17-9-8-16(14-18(17)29-24-20)27-10-6-5-7-11-27/h8-9,14-15H,4-7,10-13H2,1-3H3. The molecule has 0 bridgehead atoms. The molecule has 2 aromatic heterocycles. The summed E-state index contributed by atoms with van der Waals surface area (Å²) in [6, 6.07) is 6.26. The van der Waals surface area contributed by atoms with Crippen molar-refractivity contribution in [2.45, 2.75) is 26.2 Å². The Labute approximate surface area is 181 Å². The zero-order valence-electron chi connectivity index (χ0n) is 17.9. The molecule has 0 aliphatic carbocycles. The first-order valence-electron chi connectivity index (χ1n) is 10.6. The minimum absolute atomic E-state index is 0.0169. The van der Waals surface area contributed by atoms with Gasteiger partial charge in [-0.25, -0.2) is 4.98 Å². The van der Waals surface area contributed by atoms with Gasteiger partial charge in [0.1, 0.15) is 15.6 Å². The summed E-state index contributed by atoms with van der Waals surface area (Å²) in [6.45, 7) is 6.38. The molecular weight excluding hydrogens is 398 g/mol. The number of aromatic nitrogens is 2. The summed E-state index contributed by atoms with van der Waals surface area (Å²) in [5.41, 5.74) is 2.65. The number of likely N-dealkylation sites (N-methyl/N-ethyl adjacent to an activating group) is 2. The van der Waals surface area contributed by atoms with Crippen molar-refractivity contribution in [1.82, 2.24) is 19.9 Å². The van der Waals surface area contributed by atoms with Gasteiger partial charge in [-0.05, 0) is 52.4 Å². The highest BCUT2D eigenvalue weighted by Gasteiger charge is 2.21. The molecule has 30 heavy (non-hydrogen) atoms. The van der Waals surface area contributed by atoms with E-state index >= 15 is 0 Å². The maximum Gasteiger partial charge on any atom is 0.265 e. The van der Waals surface area contributed by atoms with E-state index in [0.717, 1.165) is 30.6 Å². The van der Waals surface area contributed by atoms with Crippen molar-refractivity contribution < 1.29 is 9.32 Å². The van der Waals surface area contributed by atoms with E-state index in [1.165, 1.54) is 36.3 Å². The van der Waals surface area contributed by atoms with Crippen LogP contribution in [0, 0.1) is 0 Å². The Balaban J connectivity index is 1.54. The average molecular weight is 428 g/mol. The van der Waals surface area contributed by atoms with E-state index in [1.807, 2.05) is 25.9 Å². The largest absolute Gasteiger partial charge is 0.371 e. The molecule has 4 rings (SSSR count). The fourth-order valence-corrected chi connectivity index (χ4v) is 4.67. The third kappa shape index (κ3) is 4.34. The smallest absolute Gasteiger partial charge is 0.265 e. The molecule has 0 saturated carbocycles. The summed E-state index contributed by atoms with van der Waals surface area (Å²) in [5.74, 6) is 0.0169. The van der Waals surface area contributed by atoms with Gasteiger partial charge in [0.15, 0.2) is 5.58 Å². The van der Waals surface area contributed by atoms with Crippen LogP contribution in [-0.2, 0) is 0 Å². The molecule has 7 nitrogen and oxygen atoms in total. The monoisotopic (exact) mass is 427 g/mol. The number of anilines is 1. The summed E-state index contributed by atoms with van der Waals surface area (Å²) >= 11 is 1.37. The molecule has 1 saturated heterocycles. The van der Waals surface area contributed by atoms with Crippen molar-refractivity contribution in [3.05, 3.63) is 29.3 Å². The van der Waals surface area contributed by atoms with Gasteiger partial charge < -0.3 is 19.2 Å². The zero-order valence-corrected chi connectivity index (χ0v) is 18.7. The van der Waals surface area contributed by atoms with Gasteiger partial charge in [0.25, 0.3) is 5.91 Å². The third-order valence-electron chi connectivity index (χ3n) is 5.58. The lowest BCUT2D eigenvalue weighted by Gasteiger charge is -2.28. The minimum Gasteiger partial charge on any atom is -0.371 e. The number of amides is 1. The maximum atomic E-state index is 12.9. The molecule has 0 unspecified atom stereocenters. The number of carbonyl (C=O) groups is 1. The molecular formula is C22H29N5O2S. The molecule has 0 spiro atoms. The Morgan fingerprint density at radius 1 is 1.20 bits per heavy atom. The van der Waals surface area contributed by atoms with E-state index in [4.69, 9.17) is 4.52 Å². The average Bonchev–Trinajstić information content (AvgIpc) is 3.41. The van der Waals surface area contributed by atoms with Crippen molar-refractivity contribution in [3.8, 4) is 10.7 Å². The SMILES string of the molecule is CCN(CCN(C)C)C(=O)c1cnc(-c2noc3cc(N4CCCCC4)ccc23)s1. The van der Waals surface area contributed by atoms with Crippen LogP contribution in [0.5, 0.6) is 0 Å². The number of rotatable bonds is 7. The van der Waals surface area contributed by atoms with Crippen LogP contribution < -0.4 is 4.90 Å². The second-order valence-corrected chi connectivity index (χ2v) is 9.01. The van der Waals surface area contributed by atoms with Gasteiger partial charge >= 0.3 is 0 Å². The molecule has 0 N–H and O–H groups in total. The summed E-state index contributed by atoms with van der Waals surface area (Å²) in [4.78, 5) is 24.3. The number of fused-ring (bicyclic) bond motifs is 1. The lowest BCUT2D eigenvalue weighted by molar-refractivity contribution is 0.0759. The highest BCUT2D eigenvalue weighted by Crippen LogP contribution is 2.33. The number of thiazole rings is 1. The summed E-state index contributed by atoms with van der Waals surface area (Å²) in [5, 5.41) is 5.92. The van der Waals surface area contributed by atoms with Crippen molar-refractivity contribution in [3.63, 3.8) is 0 Å². The Bertz CT molecular complexity index is 1010. The van der Waals surface area contributed by atoms with E-state index in [-0.39, 0.29) is 5.91 Å². The van der Waals surface area contributed by atoms with Crippen LogP contribution in [0.15, 0.2) is 28.9 Å². The second-order valence-electron chi connectivity index (χ2n) is 7.98. The van der Waals surface area contributed by atoms with Crippen LogP contribution >= 0.6 is 11.3 Å². The fourth-order valence-electron chi connectivity index (χ4n) is 3.79. The number of carbonyl (C=O) groups excluding carboxylic acids is 1. The predicted octanol–water partition coefficient (Wildman–Crippen LogP) is 3.97. The quantitative estimate of drug-likeness (QED) is 0.569. The van der Waals surface area contributed by atoms with Crippen molar-refractivity contribution in [1.29, 1.82) is 0 Å². The Hall–Kier alpha value is -2.45. The molecule has 160 valence electrons. The molecule has 0 atom stereocenters. The Kier molecular flexibility index (Phi) is 6.34. The van der Waals surface area contributed by atoms with Crippen molar-refractivity contribution in [2.24, 2.45) is 0 Å². The summed E-state index contributed by atoms with van der Waals surface area (Å²) < 4.78 is 5.63. The van der Waals surface area contributed by atoms with E-state index in [9.17, 15) is 4.79 Å². The highest BCUT2D eigenvalue weighted by atomic mass is 32.1. The third-order valence-corrected chi connectivity index (χ3v) is 6.57. The predicted molar refractivity (Wildman–Crippen MR) is 121 cm³/mol. The molecule has 1 aliphatic rings. The number of nitrogens with zero attached hydrogens (tertiary/aromatic N) is 5. The van der Waals surface area contributed by atoms with Gasteiger partial charge in [-0.15, -0.1) is 11.3 Å². The van der Waals surface area contributed by atoms with E-state index in [0.29, 0.717) is 28.7 Å². The zero-order chi connectivity index (χ0) is 21.1. The molecule has 8 heteroatoms. The second kappa shape index (κ2) is 9.14. The maximum absolute atomic E-state index is 12.9. The van der Waals surface area contributed by atoms with Gasteiger partial charge in [0, 0.05) is 44.5 Å². The van der Waals surface area contributed by atoms with Gasteiger partial charge in [-0.3, -0.25) is 4.79 Å².